The van der Waals surface area contributed by atoms with Crippen LogP contribution in [-0.4, -0.2) is 34.9 Å². The quantitative estimate of drug-likeness (QED) is 0.886. The van der Waals surface area contributed by atoms with Crippen molar-refractivity contribution in [2.24, 2.45) is 5.92 Å². The molecule has 0 atom stereocenters. The summed E-state index contributed by atoms with van der Waals surface area (Å²) in [4.78, 5) is 12.7. The zero-order valence-electron chi connectivity index (χ0n) is 10.7. The second-order valence-electron chi connectivity index (χ2n) is 4.97. The van der Waals surface area contributed by atoms with Gasteiger partial charge in [0.05, 0.1) is 0 Å². The third-order valence-corrected chi connectivity index (χ3v) is 3.52. The van der Waals surface area contributed by atoms with E-state index in [2.05, 4.69) is 15.1 Å². The summed E-state index contributed by atoms with van der Waals surface area (Å²) in [5.41, 5.74) is -0.00943. The van der Waals surface area contributed by atoms with Crippen LogP contribution in [0.1, 0.15) is 42.6 Å². The summed E-state index contributed by atoms with van der Waals surface area (Å²) in [5.74, 6) is 0.430. The lowest BCUT2D eigenvalue weighted by atomic mass is 9.89. The van der Waals surface area contributed by atoms with Gasteiger partial charge in [-0.15, -0.1) is 10.2 Å². The van der Waals surface area contributed by atoms with E-state index in [0.29, 0.717) is 0 Å². The van der Waals surface area contributed by atoms with Gasteiger partial charge in [-0.1, -0.05) is 19.3 Å². The van der Waals surface area contributed by atoms with Gasteiger partial charge in [-0.25, -0.2) is 4.79 Å². The lowest BCUT2D eigenvalue weighted by Gasteiger charge is -2.27. The van der Waals surface area contributed by atoms with Gasteiger partial charge in [0.2, 0.25) is 0 Å². The predicted octanol–water partition coefficient (Wildman–Crippen LogP) is 2.19. The molecule has 0 spiro atoms. The van der Waals surface area contributed by atoms with Crippen molar-refractivity contribution >= 4 is 11.8 Å². The van der Waals surface area contributed by atoms with Gasteiger partial charge < -0.3 is 10.0 Å². The van der Waals surface area contributed by atoms with Crippen LogP contribution in [0.2, 0.25) is 0 Å². The van der Waals surface area contributed by atoms with E-state index in [0.717, 1.165) is 18.3 Å². The Morgan fingerprint density at radius 2 is 2.06 bits per heavy atom. The number of carbonyl (C=O) groups is 1. The second-order valence-corrected chi connectivity index (χ2v) is 4.97. The van der Waals surface area contributed by atoms with Crippen molar-refractivity contribution in [3.63, 3.8) is 0 Å². The highest BCUT2D eigenvalue weighted by Gasteiger charge is 2.16. The monoisotopic (exact) mass is 249 g/mol. The number of nitrogens with zero attached hydrogens (tertiary/aromatic N) is 3. The van der Waals surface area contributed by atoms with Gasteiger partial charge in [0.25, 0.3) is 0 Å². The Morgan fingerprint density at radius 3 is 2.61 bits per heavy atom. The lowest BCUT2D eigenvalue weighted by molar-refractivity contribution is 0.0689. The molecule has 2 rings (SSSR count). The van der Waals surface area contributed by atoms with E-state index in [9.17, 15) is 4.79 Å². The summed E-state index contributed by atoms with van der Waals surface area (Å²) in [6.07, 6.45) is 6.56. The third kappa shape index (κ3) is 3.18. The molecule has 0 radical (unpaired) electrons. The van der Waals surface area contributed by atoms with Crippen LogP contribution >= 0.6 is 0 Å². The molecular formula is C13H19N3O2. The molecule has 1 aliphatic rings. The van der Waals surface area contributed by atoms with E-state index in [1.807, 2.05) is 7.05 Å². The Balaban J connectivity index is 1.95. The molecule has 1 aromatic heterocycles. The van der Waals surface area contributed by atoms with Crippen LogP contribution in [0.5, 0.6) is 0 Å². The first-order valence-electron chi connectivity index (χ1n) is 6.45. The fourth-order valence-corrected chi connectivity index (χ4v) is 2.49. The standard InChI is InChI=1S/C13H19N3O2/c1-16(9-10-5-3-2-4-6-10)12-8-7-11(13(17)18)14-15-12/h7-8,10H,2-6,9H2,1H3,(H,17,18). The molecule has 98 valence electrons. The number of hydrogen-bond donors (Lipinski definition) is 1. The highest BCUT2D eigenvalue weighted by atomic mass is 16.4. The fourth-order valence-electron chi connectivity index (χ4n) is 2.49. The maximum Gasteiger partial charge on any atom is 0.356 e. The van der Waals surface area contributed by atoms with Gasteiger partial charge in [-0.05, 0) is 30.9 Å². The van der Waals surface area contributed by atoms with Crippen molar-refractivity contribution in [1.29, 1.82) is 0 Å². The minimum Gasteiger partial charge on any atom is -0.476 e. The predicted molar refractivity (Wildman–Crippen MR) is 68.8 cm³/mol. The second kappa shape index (κ2) is 5.80. The number of anilines is 1. The van der Waals surface area contributed by atoms with Crippen LogP contribution in [0.3, 0.4) is 0 Å². The molecule has 1 fully saturated rings. The maximum absolute atomic E-state index is 10.7. The summed E-state index contributed by atoms with van der Waals surface area (Å²) < 4.78 is 0. The van der Waals surface area contributed by atoms with Crippen LogP contribution in [0.15, 0.2) is 12.1 Å². The molecule has 0 aromatic carbocycles. The molecule has 5 nitrogen and oxygen atoms in total. The Hall–Kier alpha value is -1.65. The first-order valence-corrected chi connectivity index (χ1v) is 6.45. The number of rotatable bonds is 4. The smallest absolute Gasteiger partial charge is 0.356 e. The molecule has 0 unspecified atom stereocenters. The molecule has 0 bridgehead atoms. The van der Waals surface area contributed by atoms with Crippen LogP contribution < -0.4 is 4.90 Å². The van der Waals surface area contributed by atoms with E-state index < -0.39 is 5.97 Å². The van der Waals surface area contributed by atoms with Gasteiger partial charge in [0.1, 0.15) is 0 Å². The lowest BCUT2D eigenvalue weighted by Crippen LogP contribution is -2.27. The van der Waals surface area contributed by atoms with E-state index >= 15 is 0 Å². The molecule has 0 saturated heterocycles. The molecule has 1 N–H and O–H groups in total. The van der Waals surface area contributed by atoms with E-state index in [4.69, 9.17) is 5.11 Å². The SMILES string of the molecule is CN(CC1CCCCC1)c1ccc(C(=O)O)nn1. The Labute approximate surface area is 107 Å². The highest BCUT2D eigenvalue weighted by molar-refractivity contribution is 5.85. The van der Waals surface area contributed by atoms with Crippen molar-refractivity contribution in [3.8, 4) is 0 Å². The molecule has 5 heteroatoms. The van der Waals surface area contributed by atoms with Crippen LogP contribution in [0.4, 0.5) is 5.82 Å². The van der Waals surface area contributed by atoms with Gasteiger partial charge in [0, 0.05) is 13.6 Å². The van der Waals surface area contributed by atoms with Gasteiger partial charge in [-0.3, -0.25) is 0 Å². The zero-order valence-corrected chi connectivity index (χ0v) is 10.7. The van der Waals surface area contributed by atoms with Crippen molar-refractivity contribution in [2.45, 2.75) is 32.1 Å². The Morgan fingerprint density at radius 1 is 1.33 bits per heavy atom. The van der Waals surface area contributed by atoms with E-state index in [1.165, 1.54) is 38.2 Å². The van der Waals surface area contributed by atoms with Crippen molar-refractivity contribution < 1.29 is 9.90 Å². The molecule has 1 aliphatic carbocycles. The maximum atomic E-state index is 10.7. The van der Waals surface area contributed by atoms with E-state index in [1.54, 1.807) is 6.07 Å². The Bertz CT molecular complexity index is 399. The average Bonchev–Trinajstić information content (AvgIpc) is 2.40. The normalized spacial score (nSPS) is 16.5. The Kier molecular flexibility index (Phi) is 4.12. The van der Waals surface area contributed by atoms with Crippen LogP contribution in [0, 0.1) is 5.92 Å². The number of aromatic nitrogens is 2. The molecule has 1 aromatic rings. The minimum atomic E-state index is -1.04. The number of aromatic carboxylic acids is 1. The molecule has 18 heavy (non-hydrogen) atoms. The fraction of sp³-hybridized carbons (Fsp3) is 0.615. The number of carboxylic acids is 1. The summed E-state index contributed by atoms with van der Waals surface area (Å²) >= 11 is 0. The number of hydrogen-bond acceptors (Lipinski definition) is 4. The highest BCUT2D eigenvalue weighted by Crippen LogP contribution is 2.25. The van der Waals surface area contributed by atoms with Gasteiger partial charge in [0.15, 0.2) is 11.5 Å². The first-order chi connectivity index (χ1) is 8.66. The van der Waals surface area contributed by atoms with Gasteiger partial charge >= 0.3 is 5.97 Å². The van der Waals surface area contributed by atoms with E-state index in [-0.39, 0.29) is 5.69 Å². The molecule has 1 saturated carbocycles. The molecule has 0 aliphatic heterocycles. The van der Waals surface area contributed by atoms with Crippen molar-refractivity contribution in [2.75, 3.05) is 18.5 Å². The largest absolute Gasteiger partial charge is 0.476 e. The topological polar surface area (TPSA) is 66.3 Å². The van der Waals surface area contributed by atoms with Crippen molar-refractivity contribution in [1.82, 2.24) is 10.2 Å². The van der Waals surface area contributed by atoms with Crippen LogP contribution in [0.25, 0.3) is 0 Å². The molecular weight excluding hydrogens is 230 g/mol. The summed E-state index contributed by atoms with van der Waals surface area (Å²) in [5, 5.41) is 16.4. The summed E-state index contributed by atoms with van der Waals surface area (Å²) in [6.45, 7) is 0.973. The molecule has 1 heterocycles. The molecule has 0 amide bonds. The van der Waals surface area contributed by atoms with Gasteiger partial charge in [-0.2, -0.15) is 0 Å². The summed E-state index contributed by atoms with van der Waals surface area (Å²) in [6, 6.07) is 3.22. The summed E-state index contributed by atoms with van der Waals surface area (Å²) in [7, 11) is 1.99. The first kappa shape index (κ1) is 12.8. The number of carboxylic acid groups (broad SMARTS) is 1. The van der Waals surface area contributed by atoms with Crippen molar-refractivity contribution in [3.05, 3.63) is 17.8 Å². The minimum absolute atomic E-state index is 0.00943. The van der Waals surface area contributed by atoms with Crippen LogP contribution in [-0.2, 0) is 0 Å². The zero-order chi connectivity index (χ0) is 13.0. The average molecular weight is 249 g/mol. The third-order valence-electron chi connectivity index (χ3n) is 3.52.